The zero-order chi connectivity index (χ0) is 13.8. The Morgan fingerprint density at radius 1 is 1.26 bits per heavy atom. The molecule has 0 aromatic heterocycles. The lowest BCUT2D eigenvalue weighted by Gasteiger charge is -2.08. The molecule has 3 N–H and O–H groups in total. The van der Waals surface area contributed by atoms with Crippen LogP contribution in [0.4, 0.5) is 10.1 Å². The van der Waals surface area contributed by atoms with Crippen molar-refractivity contribution in [3.8, 4) is 0 Å². The molecule has 0 spiro atoms. The minimum Gasteiger partial charge on any atom is -0.398 e. The number of benzene rings is 2. The van der Waals surface area contributed by atoms with E-state index in [1.54, 1.807) is 6.07 Å². The van der Waals surface area contributed by atoms with E-state index in [0.29, 0.717) is 12.2 Å². The van der Waals surface area contributed by atoms with Crippen LogP contribution >= 0.6 is 11.6 Å². The predicted molar refractivity (Wildman–Crippen MR) is 73.4 cm³/mol. The van der Waals surface area contributed by atoms with Gasteiger partial charge in [0.2, 0.25) is 0 Å². The summed E-state index contributed by atoms with van der Waals surface area (Å²) in [5.41, 5.74) is 7.42. The van der Waals surface area contributed by atoms with E-state index in [1.165, 1.54) is 12.1 Å². The largest absolute Gasteiger partial charge is 0.398 e. The molecule has 1 amide bonds. The SMILES string of the molecule is Nc1ccccc1CNC(=O)c1ccc(F)cc1Cl. The van der Waals surface area contributed by atoms with Crippen molar-refractivity contribution >= 4 is 23.2 Å². The third-order valence-electron chi connectivity index (χ3n) is 2.67. The topological polar surface area (TPSA) is 55.1 Å². The van der Waals surface area contributed by atoms with E-state index in [0.717, 1.165) is 11.6 Å². The number of rotatable bonds is 3. The third kappa shape index (κ3) is 3.23. The van der Waals surface area contributed by atoms with Crippen LogP contribution in [0.5, 0.6) is 0 Å². The molecule has 0 aliphatic heterocycles. The minimum absolute atomic E-state index is 0.0820. The molecule has 2 rings (SSSR count). The molecule has 0 heterocycles. The maximum atomic E-state index is 12.9. The van der Waals surface area contributed by atoms with Crippen LogP contribution in [0.15, 0.2) is 42.5 Å². The summed E-state index contributed by atoms with van der Waals surface area (Å²) in [5, 5.41) is 2.77. The highest BCUT2D eigenvalue weighted by Crippen LogP contribution is 2.17. The number of hydrogen-bond acceptors (Lipinski definition) is 2. The second kappa shape index (κ2) is 5.71. The highest BCUT2D eigenvalue weighted by Gasteiger charge is 2.11. The van der Waals surface area contributed by atoms with E-state index in [-0.39, 0.29) is 16.5 Å². The summed E-state index contributed by atoms with van der Waals surface area (Å²) in [4.78, 5) is 11.9. The van der Waals surface area contributed by atoms with Crippen LogP contribution in [-0.4, -0.2) is 5.91 Å². The third-order valence-corrected chi connectivity index (χ3v) is 2.98. The van der Waals surface area contributed by atoms with Crippen molar-refractivity contribution in [3.63, 3.8) is 0 Å². The molecule has 0 atom stereocenters. The summed E-state index contributed by atoms with van der Waals surface area (Å²) < 4.78 is 12.9. The number of para-hydroxylation sites is 1. The van der Waals surface area contributed by atoms with E-state index in [9.17, 15) is 9.18 Å². The monoisotopic (exact) mass is 278 g/mol. The average Bonchev–Trinajstić information content (AvgIpc) is 2.37. The van der Waals surface area contributed by atoms with E-state index >= 15 is 0 Å². The Bertz CT molecular complexity index is 616. The van der Waals surface area contributed by atoms with Crippen LogP contribution in [0.1, 0.15) is 15.9 Å². The molecule has 0 saturated heterocycles. The molecular weight excluding hydrogens is 267 g/mol. The van der Waals surface area contributed by atoms with Crippen LogP contribution in [0.3, 0.4) is 0 Å². The molecule has 2 aromatic rings. The smallest absolute Gasteiger partial charge is 0.253 e. The Morgan fingerprint density at radius 2 is 2.00 bits per heavy atom. The Morgan fingerprint density at radius 3 is 2.68 bits per heavy atom. The van der Waals surface area contributed by atoms with Gasteiger partial charge in [-0.15, -0.1) is 0 Å². The van der Waals surface area contributed by atoms with Crippen LogP contribution in [0, 0.1) is 5.82 Å². The fraction of sp³-hybridized carbons (Fsp3) is 0.0714. The molecule has 3 nitrogen and oxygen atoms in total. The van der Waals surface area contributed by atoms with Gasteiger partial charge in [0.15, 0.2) is 0 Å². The van der Waals surface area contributed by atoms with Gasteiger partial charge in [-0.05, 0) is 29.8 Å². The summed E-state index contributed by atoms with van der Waals surface area (Å²) in [6.07, 6.45) is 0. The van der Waals surface area contributed by atoms with Crippen molar-refractivity contribution < 1.29 is 9.18 Å². The first-order valence-corrected chi connectivity index (χ1v) is 6.02. The van der Waals surface area contributed by atoms with E-state index in [1.807, 2.05) is 18.2 Å². The first-order valence-electron chi connectivity index (χ1n) is 5.64. The summed E-state index contributed by atoms with van der Waals surface area (Å²) in [5.74, 6) is -0.845. The number of hydrogen-bond donors (Lipinski definition) is 2. The molecule has 0 bridgehead atoms. The van der Waals surface area contributed by atoms with Gasteiger partial charge >= 0.3 is 0 Å². The van der Waals surface area contributed by atoms with Gasteiger partial charge in [0.1, 0.15) is 5.82 Å². The highest BCUT2D eigenvalue weighted by molar-refractivity contribution is 6.33. The summed E-state index contributed by atoms with van der Waals surface area (Å²) >= 11 is 5.81. The number of anilines is 1. The second-order valence-electron chi connectivity index (χ2n) is 4.01. The number of carbonyl (C=O) groups excluding carboxylic acids is 1. The zero-order valence-corrected chi connectivity index (χ0v) is 10.7. The Labute approximate surface area is 115 Å². The quantitative estimate of drug-likeness (QED) is 0.848. The molecule has 0 radical (unpaired) electrons. The second-order valence-corrected chi connectivity index (χ2v) is 4.41. The molecule has 0 saturated carbocycles. The van der Waals surface area contributed by atoms with Gasteiger partial charge in [-0.25, -0.2) is 4.39 Å². The Balaban J connectivity index is 2.08. The lowest BCUT2D eigenvalue weighted by atomic mass is 10.1. The summed E-state index contributed by atoms with van der Waals surface area (Å²) in [7, 11) is 0. The van der Waals surface area contributed by atoms with Crippen LogP contribution in [-0.2, 0) is 6.54 Å². The average molecular weight is 279 g/mol. The predicted octanol–water partition coefficient (Wildman–Crippen LogP) is 2.99. The van der Waals surface area contributed by atoms with Crippen molar-refractivity contribution in [1.29, 1.82) is 0 Å². The highest BCUT2D eigenvalue weighted by atomic mass is 35.5. The molecule has 19 heavy (non-hydrogen) atoms. The molecule has 98 valence electrons. The molecule has 0 fully saturated rings. The Hall–Kier alpha value is -2.07. The summed E-state index contributed by atoms with van der Waals surface area (Å²) in [6, 6.07) is 10.9. The van der Waals surface area contributed by atoms with Gasteiger partial charge in [-0.3, -0.25) is 4.79 Å². The first-order chi connectivity index (χ1) is 9.08. The van der Waals surface area contributed by atoms with Crippen molar-refractivity contribution in [1.82, 2.24) is 5.32 Å². The minimum atomic E-state index is -0.478. The molecular formula is C14H12ClFN2O. The van der Waals surface area contributed by atoms with Crippen molar-refractivity contribution in [2.24, 2.45) is 0 Å². The molecule has 0 unspecified atom stereocenters. The van der Waals surface area contributed by atoms with Gasteiger partial charge in [0.05, 0.1) is 10.6 Å². The summed E-state index contributed by atoms with van der Waals surface area (Å²) in [6.45, 7) is 0.291. The molecule has 0 aliphatic carbocycles. The molecule has 5 heteroatoms. The fourth-order valence-corrected chi connectivity index (χ4v) is 1.89. The van der Waals surface area contributed by atoms with Gasteiger partial charge in [0.25, 0.3) is 5.91 Å². The first kappa shape index (κ1) is 13.4. The van der Waals surface area contributed by atoms with E-state index in [2.05, 4.69) is 5.32 Å². The number of nitrogens with two attached hydrogens (primary N) is 1. The maximum Gasteiger partial charge on any atom is 0.253 e. The normalized spacial score (nSPS) is 10.2. The standard InChI is InChI=1S/C14H12ClFN2O/c15-12-7-10(16)5-6-11(12)14(19)18-8-9-3-1-2-4-13(9)17/h1-7H,8,17H2,(H,18,19). The number of halogens is 2. The van der Waals surface area contributed by atoms with Crippen LogP contribution in [0.2, 0.25) is 5.02 Å². The number of nitrogen functional groups attached to an aromatic ring is 1. The lowest BCUT2D eigenvalue weighted by molar-refractivity contribution is 0.0951. The van der Waals surface area contributed by atoms with Crippen LogP contribution in [0.25, 0.3) is 0 Å². The maximum absolute atomic E-state index is 12.9. The van der Waals surface area contributed by atoms with E-state index in [4.69, 9.17) is 17.3 Å². The Kier molecular flexibility index (Phi) is 4.02. The van der Waals surface area contributed by atoms with Gasteiger partial charge in [0, 0.05) is 12.2 Å². The van der Waals surface area contributed by atoms with Crippen molar-refractivity contribution in [2.75, 3.05) is 5.73 Å². The number of carbonyl (C=O) groups is 1. The molecule has 0 aliphatic rings. The van der Waals surface area contributed by atoms with Gasteiger partial charge in [-0.2, -0.15) is 0 Å². The van der Waals surface area contributed by atoms with Crippen LogP contribution < -0.4 is 11.1 Å². The fourth-order valence-electron chi connectivity index (χ4n) is 1.64. The lowest BCUT2D eigenvalue weighted by Crippen LogP contribution is -2.23. The number of amides is 1. The van der Waals surface area contributed by atoms with Crippen molar-refractivity contribution in [2.45, 2.75) is 6.54 Å². The molecule has 2 aromatic carbocycles. The van der Waals surface area contributed by atoms with Gasteiger partial charge in [-0.1, -0.05) is 29.8 Å². The van der Waals surface area contributed by atoms with Gasteiger partial charge < -0.3 is 11.1 Å². The number of nitrogens with one attached hydrogen (secondary N) is 1. The van der Waals surface area contributed by atoms with E-state index < -0.39 is 5.82 Å². The zero-order valence-electron chi connectivity index (χ0n) is 9.99. The van der Waals surface area contributed by atoms with Crippen molar-refractivity contribution in [3.05, 3.63) is 64.4 Å².